The van der Waals surface area contributed by atoms with Crippen molar-refractivity contribution >= 4 is 23.1 Å². The maximum atomic E-state index is 14.0. The standard InChI is InChI=1S/C24H22F2N4OS2/c1-4-11-30-22(16(3)31-21-10-9-17(25)12-20(21)26)28-29-24(30)33-14-18-13-32-23(27-18)19-8-6-5-7-15(19)2/h4-10,12-13,16H,1,11,14H2,2-3H3. The number of halogens is 2. The summed E-state index contributed by atoms with van der Waals surface area (Å²) in [5, 5.41) is 12.3. The van der Waals surface area contributed by atoms with Crippen LogP contribution in [0.2, 0.25) is 0 Å². The number of allylic oxidation sites excluding steroid dienone is 1. The van der Waals surface area contributed by atoms with Crippen LogP contribution in [0.25, 0.3) is 10.6 Å². The van der Waals surface area contributed by atoms with Crippen molar-refractivity contribution in [2.24, 2.45) is 0 Å². The number of nitrogens with zero attached hydrogens (tertiary/aromatic N) is 4. The second kappa shape index (κ2) is 10.3. The molecule has 33 heavy (non-hydrogen) atoms. The summed E-state index contributed by atoms with van der Waals surface area (Å²) in [5.74, 6) is -0.315. The maximum absolute atomic E-state index is 14.0. The van der Waals surface area contributed by atoms with Gasteiger partial charge in [-0.3, -0.25) is 4.57 Å². The van der Waals surface area contributed by atoms with Crippen LogP contribution in [0.15, 0.2) is 65.7 Å². The molecule has 0 radical (unpaired) electrons. The minimum Gasteiger partial charge on any atom is -0.480 e. The molecule has 0 bridgehead atoms. The van der Waals surface area contributed by atoms with Crippen LogP contribution in [0.1, 0.15) is 30.1 Å². The number of thioether (sulfide) groups is 1. The number of hydrogen-bond donors (Lipinski definition) is 0. The lowest BCUT2D eigenvalue weighted by Crippen LogP contribution is -2.13. The quantitative estimate of drug-likeness (QED) is 0.198. The van der Waals surface area contributed by atoms with Crippen molar-refractivity contribution in [2.45, 2.75) is 37.4 Å². The molecule has 4 aromatic rings. The molecule has 0 fully saturated rings. The summed E-state index contributed by atoms with van der Waals surface area (Å²) in [6.45, 7) is 8.10. The lowest BCUT2D eigenvalue weighted by Gasteiger charge is -2.16. The van der Waals surface area contributed by atoms with Crippen molar-refractivity contribution in [1.82, 2.24) is 19.7 Å². The Balaban J connectivity index is 1.49. The Labute approximate surface area is 199 Å². The van der Waals surface area contributed by atoms with Crippen molar-refractivity contribution in [3.8, 4) is 16.3 Å². The van der Waals surface area contributed by atoms with Crippen LogP contribution >= 0.6 is 23.1 Å². The van der Waals surface area contributed by atoms with Crippen LogP contribution in [0.4, 0.5) is 8.78 Å². The van der Waals surface area contributed by atoms with E-state index in [1.165, 1.54) is 23.4 Å². The highest BCUT2D eigenvalue weighted by Crippen LogP contribution is 2.31. The van der Waals surface area contributed by atoms with Crippen LogP contribution < -0.4 is 4.74 Å². The fourth-order valence-corrected chi connectivity index (χ4v) is 5.13. The van der Waals surface area contributed by atoms with Gasteiger partial charge in [0.05, 0.1) is 5.69 Å². The van der Waals surface area contributed by atoms with Crippen LogP contribution in [0, 0.1) is 18.6 Å². The molecule has 4 rings (SSSR count). The molecule has 170 valence electrons. The van der Waals surface area contributed by atoms with Gasteiger partial charge < -0.3 is 4.74 Å². The van der Waals surface area contributed by atoms with E-state index in [4.69, 9.17) is 9.72 Å². The maximum Gasteiger partial charge on any atom is 0.192 e. The average Bonchev–Trinajstić information content (AvgIpc) is 3.42. The van der Waals surface area contributed by atoms with Gasteiger partial charge >= 0.3 is 0 Å². The number of rotatable bonds is 9. The molecule has 0 saturated heterocycles. The Kier molecular flexibility index (Phi) is 7.20. The highest BCUT2D eigenvalue weighted by atomic mass is 32.2. The van der Waals surface area contributed by atoms with Crippen LogP contribution in [-0.2, 0) is 12.3 Å². The zero-order valence-electron chi connectivity index (χ0n) is 18.2. The number of thiazole rings is 1. The third kappa shape index (κ3) is 5.31. The summed E-state index contributed by atoms with van der Waals surface area (Å²) < 4.78 is 34.7. The monoisotopic (exact) mass is 484 g/mol. The first-order valence-corrected chi connectivity index (χ1v) is 12.1. The molecular weight excluding hydrogens is 462 g/mol. The molecule has 0 aliphatic carbocycles. The van der Waals surface area contributed by atoms with E-state index in [-0.39, 0.29) is 5.75 Å². The minimum atomic E-state index is -0.765. The predicted molar refractivity (Wildman–Crippen MR) is 127 cm³/mol. The van der Waals surface area contributed by atoms with Gasteiger partial charge in [0.1, 0.15) is 10.8 Å². The first-order valence-electron chi connectivity index (χ1n) is 10.2. The molecule has 0 N–H and O–H groups in total. The van der Waals surface area contributed by atoms with E-state index in [9.17, 15) is 8.78 Å². The Hall–Kier alpha value is -3.04. The van der Waals surface area contributed by atoms with Crippen molar-refractivity contribution in [2.75, 3.05) is 0 Å². The van der Waals surface area contributed by atoms with Gasteiger partial charge in [0.2, 0.25) is 0 Å². The predicted octanol–water partition coefficient (Wildman–Crippen LogP) is 6.61. The van der Waals surface area contributed by atoms with E-state index in [2.05, 4.69) is 35.8 Å². The molecule has 1 atom stereocenters. The smallest absolute Gasteiger partial charge is 0.192 e. The van der Waals surface area contributed by atoms with Gasteiger partial charge in [-0.25, -0.2) is 13.8 Å². The summed E-state index contributed by atoms with van der Waals surface area (Å²) in [4.78, 5) is 4.77. The number of aromatic nitrogens is 4. The number of ether oxygens (including phenoxy) is 1. The van der Waals surface area contributed by atoms with Gasteiger partial charge in [-0.1, -0.05) is 42.1 Å². The Morgan fingerprint density at radius 3 is 2.79 bits per heavy atom. The van der Waals surface area contributed by atoms with Gasteiger partial charge in [0.15, 0.2) is 28.7 Å². The first-order chi connectivity index (χ1) is 16.0. The summed E-state index contributed by atoms with van der Waals surface area (Å²) in [5.41, 5.74) is 3.28. The summed E-state index contributed by atoms with van der Waals surface area (Å²) in [6, 6.07) is 11.4. The van der Waals surface area contributed by atoms with E-state index in [1.807, 2.05) is 22.1 Å². The van der Waals surface area contributed by atoms with Crippen molar-refractivity contribution < 1.29 is 13.5 Å². The van der Waals surface area contributed by atoms with E-state index in [0.29, 0.717) is 23.3 Å². The third-order valence-electron chi connectivity index (χ3n) is 4.89. The van der Waals surface area contributed by atoms with Gasteiger partial charge in [-0.15, -0.1) is 28.1 Å². The van der Waals surface area contributed by atoms with Crippen molar-refractivity contribution in [3.63, 3.8) is 0 Å². The Bertz CT molecular complexity index is 1270. The highest BCUT2D eigenvalue weighted by Gasteiger charge is 2.21. The second-order valence-electron chi connectivity index (χ2n) is 7.32. The second-order valence-corrected chi connectivity index (χ2v) is 9.12. The number of hydrogen-bond acceptors (Lipinski definition) is 6. The molecule has 0 amide bonds. The highest BCUT2D eigenvalue weighted by molar-refractivity contribution is 7.98. The third-order valence-corrected chi connectivity index (χ3v) is 6.82. The Morgan fingerprint density at radius 2 is 2.03 bits per heavy atom. The lowest BCUT2D eigenvalue weighted by molar-refractivity contribution is 0.200. The fourth-order valence-electron chi connectivity index (χ4n) is 3.27. The van der Waals surface area contributed by atoms with Gasteiger partial charge in [-0.05, 0) is 31.5 Å². The summed E-state index contributed by atoms with van der Waals surface area (Å²) in [7, 11) is 0. The van der Waals surface area contributed by atoms with Gasteiger partial charge in [0, 0.05) is 29.3 Å². The topological polar surface area (TPSA) is 52.8 Å². The van der Waals surface area contributed by atoms with Gasteiger partial charge in [0.25, 0.3) is 0 Å². The van der Waals surface area contributed by atoms with E-state index in [1.54, 1.807) is 24.3 Å². The SMILES string of the molecule is C=CCn1c(SCc2csc(-c3ccccc3C)n2)nnc1C(C)Oc1ccc(F)cc1F. The first kappa shape index (κ1) is 23.1. The van der Waals surface area contributed by atoms with E-state index in [0.717, 1.165) is 28.4 Å². The number of benzene rings is 2. The molecule has 5 nitrogen and oxygen atoms in total. The molecule has 2 aromatic heterocycles. The fraction of sp³-hybridized carbons (Fsp3) is 0.208. The molecule has 0 spiro atoms. The van der Waals surface area contributed by atoms with Crippen molar-refractivity contribution in [1.29, 1.82) is 0 Å². The number of aryl methyl sites for hydroxylation is 1. The molecular formula is C24H22F2N4OS2. The molecule has 0 saturated carbocycles. The zero-order valence-corrected chi connectivity index (χ0v) is 19.8. The van der Waals surface area contributed by atoms with Crippen LogP contribution in [0.5, 0.6) is 5.75 Å². The molecule has 9 heteroatoms. The Morgan fingerprint density at radius 1 is 1.21 bits per heavy atom. The minimum absolute atomic E-state index is 0.0440. The largest absolute Gasteiger partial charge is 0.480 e. The molecule has 0 aliphatic rings. The summed E-state index contributed by atoms with van der Waals surface area (Å²) in [6.07, 6.45) is 1.14. The average molecular weight is 485 g/mol. The molecule has 1 unspecified atom stereocenters. The van der Waals surface area contributed by atoms with E-state index >= 15 is 0 Å². The van der Waals surface area contributed by atoms with Crippen molar-refractivity contribution in [3.05, 3.63) is 89.2 Å². The van der Waals surface area contributed by atoms with Crippen LogP contribution in [0.3, 0.4) is 0 Å². The molecule has 2 heterocycles. The van der Waals surface area contributed by atoms with Gasteiger partial charge in [-0.2, -0.15) is 0 Å². The molecule has 2 aromatic carbocycles. The zero-order chi connectivity index (χ0) is 23.4. The normalized spacial score (nSPS) is 12.0. The summed E-state index contributed by atoms with van der Waals surface area (Å²) >= 11 is 3.12. The van der Waals surface area contributed by atoms with E-state index < -0.39 is 17.7 Å². The lowest BCUT2D eigenvalue weighted by atomic mass is 10.1. The molecule has 0 aliphatic heterocycles. The van der Waals surface area contributed by atoms with Crippen LogP contribution in [-0.4, -0.2) is 19.7 Å².